The maximum absolute atomic E-state index is 9.05. The normalized spacial score (nSPS) is 15.8. The van der Waals surface area contributed by atoms with Gasteiger partial charge < -0.3 is 15.6 Å². The Bertz CT molecular complexity index is 172. The molecule has 1 unspecified atom stereocenters. The summed E-state index contributed by atoms with van der Waals surface area (Å²) in [6, 6.07) is 0.522. The van der Waals surface area contributed by atoms with E-state index >= 15 is 0 Å². The Morgan fingerprint density at radius 2 is 2.00 bits per heavy atom. The zero-order valence-corrected chi connectivity index (χ0v) is 11.2. The average Bonchev–Trinajstić information content (AvgIpc) is 2.22. The first-order valence-corrected chi connectivity index (χ1v) is 6.05. The monoisotopic (exact) mass is 232 g/mol. The number of nitrogens with zero attached hydrogens (tertiary/aromatic N) is 1. The number of hydrogen-bond acceptors (Lipinski definition) is 4. The number of ether oxygens (including phenoxy) is 1. The first-order valence-electron chi connectivity index (χ1n) is 6.05. The third kappa shape index (κ3) is 7.17. The van der Waals surface area contributed by atoms with Gasteiger partial charge in [-0.25, -0.2) is 0 Å². The molecule has 0 amide bonds. The summed E-state index contributed by atoms with van der Waals surface area (Å²) in [5, 5.41) is 9.05. The zero-order chi connectivity index (χ0) is 12.6. The van der Waals surface area contributed by atoms with Crippen molar-refractivity contribution >= 4 is 0 Å². The molecule has 4 nitrogen and oxygen atoms in total. The van der Waals surface area contributed by atoms with Gasteiger partial charge in [0.25, 0.3) is 0 Å². The zero-order valence-electron chi connectivity index (χ0n) is 11.2. The van der Waals surface area contributed by atoms with Crippen molar-refractivity contribution in [1.29, 1.82) is 0 Å². The standard InChI is InChI=1S/C12H28N2O2/c1-11(2)14(8-9-16-4)7-5-6-12(3,13)10-15/h11,15H,5-10,13H2,1-4H3. The molecule has 0 spiro atoms. The van der Waals surface area contributed by atoms with Crippen molar-refractivity contribution in [2.75, 3.05) is 33.4 Å². The molecule has 0 saturated heterocycles. The quantitative estimate of drug-likeness (QED) is 0.618. The molecule has 0 aliphatic rings. The second kappa shape index (κ2) is 8.01. The lowest BCUT2D eigenvalue weighted by molar-refractivity contribution is 0.123. The van der Waals surface area contributed by atoms with Crippen LogP contribution in [0.4, 0.5) is 0 Å². The summed E-state index contributed by atoms with van der Waals surface area (Å²) in [4.78, 5) is 2.37. The molecular weight excluding hydrogens is 204 g/mol. The maximum atomic E-state index is 9.05. The van der Waals surface area contributed by atoms with E-state index in [1.54, 1.807) is 7.11 Å². The molecule has 0 heterocycles. The predicted molar refractivity (Wildman–Crippen MR) is 67.5 cm³/mol. The topological polar surface area (TPSA) is 58.7 Å². The summed E-state index contributed by atoms with van der Waals surface area (Å²) in [7, 11) is 1.72. The molecule has 0 rings (SSSR count). The summed E-state index contributed by atoms with van der Waals surface area (Å²) in [6.07, 6.45) is 1.86. The molecule has 98 valence electrons. The fourth-order valence-corrected chi connectivity index (χ4v) is 1.60. The highest BCUT2D eigenvalue weighted by Crippen LogP contribution is 2.09. The highest BCUT2D eigenvalue weighted by atomic mass is 16.5. The molecule has 0 aromatic carbocycles. The van der Waals surface area contributed by atoms with E-state index in [2.05, 4.69) is 18.7 Å². The molecule has 3 N–H and O–H groups in total. The number of rotatable bonds is 9. The van der Waals surface area contributed by atoms with Gasteiger partial charge in [-0.15, -0.1) is 0 Å². The molecule has 16 heavy (non-hydrogen) atoms. The third-order valence-electron chi connectivity index (χ3n) is 2.87. The second-order valence-corrected chi connectivity index (χ2v) is 5.04. The van der Waals surface area contributed by atoms with Crippen molar-refractivity contribution in [2.45, 2.75) is 45.2 Å². The van der Waals surface area contributed by atoms with E-state index in [9.17, 15) is 0 Å². The molecule has 0 aliphatic heterocycles. The van der Waals surface area contributed by atoms with Crippen LogP contribution in [0.5, 0.6) is 0 Å². The van der Waals surface area contributed by atoms with Gasteiger partial charge in [-0.3, -0.25) is 4.90 Å². The summed E-state index contributed by atoms with van der Waals surface area (Å²) in [5.74, 6) is 0. The van der Waals surface area contributed by atoms with Crippen molar-refractivity contribution in [3.63, 3.8) is 0 Å². The van der Waals surface area contributed by atoms with Crippen LogP contribution >= 0.6 is 0 Å². The first kappa shape index (κ1) is 15.8. The lowest BCUT2D eigenvalue weighted by atomic mass is 9.98. The van der Waals surface area contributed by atoms with Crippen molar-refractivity contribution in [3.05, 3.63) is 0 Å². The molecule has 0 fully saturated rings. The van der Waals surface area contributed by atoms with Gasteiger partial charge in [-0.2, -0.15) is 0 Å². The summed E-state index contributed by atoms with van der Waals surface area (Å²) in [6.45, 7) is 9.03. The van der Waals surface area contributed by atoms with Crippen LogP contribution in [-0.4, -0.2) is 55.0 Å². The van der Waals surface area contributed by atoms with Gasteiger partial charge in [0, 0.05) is 25.2 Å². The minimum atomic E-state index is -0.441. The first-order chi connectivity index (χ1) is 7.43. The number of aliphatic hydroxyl groups excluding tert-OH is 1. The third-order valence-corrected chi connectivity index (χ3v) is 2.87. The minimum Gasteiger partial charge on any atom is -0.394 e. The van der Waals surface area contributed by atoms with Crippen LogP contribution in [0.15, 0.2) is 0 Å². The van der Waals surface area contributed by atoms with Crippen molar-refractivity contribution in [3.8, 4) is 0 Å². The number of methoxy groups -OCH3 is 1. The lowest BCUT2D eigenvalue weighted by Crippen LogP contribution is -2.41. The molecule has 4 heteroatoms. The second-order valence-electron chi connectivity index (χ2n) is 5.04. The Hall–Kier alpha value is -0.160. The number of aliphatic hydroxyl groups is 1. The molecule has 0 aromatic heterocycles. The average molecular weight is 232 g/mol. The maximum Gasteiger partial charge on any atom is 0.0608 e. The lowest BCUT2D eigenvalue weighted by Gasteiger charge is -2.28. The van der Waals surface area contributed by atoms with E-state index in [4.69, 9.17) is 15.6 Å². The SMILES string of the molecule is COCCN(CCCC(C)(N)CO)C(C)C. The Balaban J connectivity index is 3.84. The molecule has 0 aliphatic carbocycles. The number of hydrogen-bond donors (Lipinski definition) is 2. The van der Waals surface area contributed by atoms with Gasteiger partial charge in [0.2, 0.25) is 0 Å². The largest absolute Gasteiger partial charge is 0.394 e. The van der Waals surface area contributed by atoms with Crippen LogP contribution in [0, 0.1) is 0 Å². The fourth-order valence-electron chi connectivity index (χ4n) is 1.60. The smallest absolute Gasteiger partial charge is 0.0608 e. The minimum absolute atomic E-state index is 0.0484. The van der Waals surface area contributed by atoms with E-state index in [1.807, 2.05) is 6.92 Å². The van der Waals surface area contributed by atoms with Crippen LogP contribution in [0.2, 0.25) is 0 Å². The fraction of sp³-hybridized carbons (Fsp3) is 1.00. The Kier molecular flexibility index (Phi) is 7.93. The summed E-state index contributed by atoms with van der Waals surface area (Å²) in [5.41, 5.74) is 5.44. The molecular formula is C12H28N2O2. The van der Waals surface area contributed by atoms with E-state index in [0.717, 1.165) is 32.5 Å². The van der Waals surface area contributed by atoms with Crippen LogP contribution in [0.3, 0.4) is 0 Å². The van der Waals surface area contributed by atoms with Crippen molar-refractivity contribution < 1.29 is 9.84 Å². The van der Waals surface area contributed by atoms with E-state index in [1.165, 1.54) is 0 Å². The van der Waals surface area contributed by atoms with Gasteiger partial charge in [0.05, 0.1) is 13.2 Å². The van der Waals surface area contributed by atoms with Crippen molar-refractivity contribution in [2.24, 2.45) is 5.73 Å². The Labute approximate surface area is 99.8 Å². The van der Waals surface area contributed by atoms with Gasteiger partial charge in [-0.05, 0) is 40.2 Å². The Morgan fingerprint density at radius 1 is 1.38 bits per heavy atom. The van der Waals surface area contributed by atoms with Crippen LogP contribution in [0.1, 0.15) is 33.6 Å². The molecule has 0 saturated carbocycles. The van der Waals surface area contributed by atoms with Crippen LogP contribution < -0.4 is 5.73 Å². The van der Waals surface area contributed by atoms with Gasteiger partial charge >= 0.3 is 0 Å². The molecule has 1 atom stereocenters. The van der Waals surface area contributed by atoms with Crippen molar-refractivity contribution in [1.82, 2.24) is 4.90 Å². The van der Waals surface area contributed by atoms with Crippen LogP contribution in [-0.2, 0) is 4.74 Å². The summed E-state index contributed by atoms with van der Waals surface area (Å²) >= 11 is 0. The Morgan fingerprint density at radius 3 is 2.44 bits per heavy atom. The highest BCUT2D eigenvalue weighted by Gasteiger charge is 2.17. The highest BCUT2D eigenvalue weighted by molar-refractivity contribution is 4.77. The van der Waals surface area contributed by atoms with Gasteiger partial charge in [0.15, 0.2) is 0 Å². The van der Waals surface area contributed by atoms with Gasteiger partial charge in [0.1, 0.15) is 0 Å². The van der Waals surface area contributed by atoms with E-state index in [-0.39, 0.29) is 6.61 Å². The van der Waals surface area contributed by atoms with E-state index < -0.39 is 5.54 Å². The van der Waals surface area contributed by atoms with E-state index in [0.29, 0.717) is 6.04 Å². The summed E-state index contributed by atoms with van der Waals surface area (Å²) < 4.78 is 5.08. The van der Waals surface area contributed by atoms with Crippen LogP contribution in [0.25, 0.3) is 0 Å². The number of nitrogens with two attached hydrogens (primary N) is 1. The molecule has 0 bridgehead atoms. The molecule has 0 radical (unpaired) electrons. The molecule has 0 aromatic rings. The van der Waals surface area contributed by atoms with Gasteiger partial charge in [-0.1, -0.05) is 0 Å². The predicted octanol–water partition coefficient (Wildman–Crippen LogP) is 0.833.